The summed E-state index contributed by atoms with van der Waals surface area (Å²) in [5.41, 5.74) is 6.19. The number of nitrogens with two attached hydrogens (primary N) is 1. The number of furan rings is 1. The van der Waals surface area contributed by atoms with Crippen molar-refractivity contribution < 1.29 is 9.21 Å². The summed E-state index contributed by atoms with van der Waals surface area (Å²) >= 11 is 5.84. The highest BCUT2D eigenvalue weighted by atomic mass is 35.5. The first-order chi connectivity index (χ1) is 8.15. The number of rotatable bonds is 2. The van der Waals surface area contributed by atoms with Gasteiger partial charge in [0.1, 0.15) is 0 Å². The van der Waals surface area contributed by atoms with Crippen molar-refractivity contribution in [3.8, 4) is 0 Å². The number of hydrogen-bond acceptors (Lipinski definition) is 3. The summed E-state index contributed by atoms with van der Waals surface area (Å²) < 4.78 is 4.96. The van der Waals surface area contributed by atoms with E-state index in [1.54, 1.807) is 6.07 Å². The standard InChI is InChI=1S/C12H17ClN2O2/c1-8-3-2-5-15(10(8)7-14)12(16)9-4-6-17-11(9)13/h4,6,8,10H,2-3,5,7,14H2,1H3. The lowest BCUT2D eigenvalue weighted by Crippen LogP contribution is -2.51. The van der Waals surface area contributed by atoms with Crippen molar-refractivity contribution in [2.45, 2.75) is 25.8 Å². The Hall–Kier alpha value is -1.00. The lowest BCUT2D eigenvalue weighted by atomic mass is 9.90. The SMILES string of the molecule is CC1CCCN(C(=O)c2ccoc2Cl)C1CN. The van der Waals surface area contributed by atoms with E-state index < -0.39 is 0 Å². The van der Waals surface area contributed by atoms with Crippen LogP contribution in [0, 0.1) is 5.92 Å². The third kappa shape index (κ3) is 2.33. The van der Waals surface area contributed by atoms with Gasteiger partial charge in [0.15, 0.2) is 0 Å². The first-order valence-electron chi connectivity index (χ1n) is 5.89. The molecule has 2 N–H and O–H groups in total. The molecule has 1 aromatic rings. The fourth-order valence-corrected chi connectivity index (χ4v) is 2.66. The van der Waals surface area contributed by atoms with E-state index >= 15 is 0 Å². The van der Waals surface area contributed by atoms with Crippen molar-refractivity contribution in [3.63, 3.8) is 0 Å². The van der Waals surface area contributed by atoms with E-state index in [4.69, 9.17) is 21.8 Å². The van der Waals surface area contributed by atoms with E-state index in [0.717, 1.165) is 19.4 Å². The molecule has 5 heteroatoms. The van der Waals surface area contributed by atoms with Crippen LogP contribution in [0.25, 0.3) is 0 Å². The first-order valence-corrected chi connectivity index (χ1v) is 6.27. The van der Waals surface area contributed by atoms with Crippen LogP contribution >= 0.6 is 11.6 Å². The number of nitrogens with zero attached hydrogens (tertiary/aromatic N) is 1. The van der Waals surface area contributed by atoms with Crippen molar-refractivity contribution in [3.05, 3.63) is 23.1 Å². The van der Waals surface area contributed by atoms with Gasteiger partial charge in [-0.2, -0.15) is 0 Å². The Labute approximate surface area is 106 Å². The van der Waals surface area contributed by atoms with Crippen molar-refractivity contribution in [2.24, 2.45) is 11.7 Å². The second kappa shape index (κ2) is 5.10. The van der Waals surface area contributed by atoms with E-state index in [2.05, 4.69) is 6.92 Å². The lowest BCUT2D eigenvalue weighted by Gasteiger charge is -2.39. The van der Waals surface area contributed by atoms with E-state index in [0.29, 0.717) is 18.0 Å². The van der Waals surface area contributed by atoms with E-state index in [9.17, 15) is 4.79 Å². The van der Waals surface area contributed by atoms with Gasteiger partial charge in [-0.05, 0) is 36.4 Å². The number of amides is 1. The molecule has 4 nitrogen and oxygen atoms in total. The van der Waals surface area contributed by atoms with Crippen molar-refractivity contribution in [1.82, 2.24) is 4.90 Å². The van der Waals surface area contributed by atoms with Crippen molar-refractivity contribution in [1.29, 1.82) is 0 Å². The zero-order chi connectivity index (χ0) is 12.4. The molecule has 0 aromatic carbocycles. The molecule has 0 saturated carbocycles. The van der Waals surface area contributed by atoms with Crippen LogP contribution in [0.5, 0.6) is 0 Å². The Morgan fingerprint density at radius 2 is 2.47 bits per heavy atom. The zero-order valence-corrected chi connectivity index (χ0v) is 10.6. The summed E-state index contributed by atoms with van der Waals surface area (Å²) in [7, 11) is 0. The molecular formula is C12H17ClN2O2. The summed E-state index contributed by atoms with van der Waals surface area (Å²) in [6.07, 6.45) is 3.56. The topological polar surface area (TPSA) is 59.5 Å². The van der Waals surface area contributed by atoms with Crippen molar-refractivity contribution >= 4 is 17.5 Å². The summed E-state index contributed by atoms with van der Waals surface area (Å²) in [4.78, 5) is 14.1. The predicted octanol–water partition coefficient (Wildman–Crippen LogP) is 2.13. The summed E-state index contributed by atoms with van der Waals surface area (Å²) in [5.74, 6) is 0.356. The number of carbonyl (C=O) groups is 1. The molecule has 1 fully saturated rings. The molecule has 1 saturated heterocycles. The van der Waals surface area contributed by atoms with E-state index in [1.165, 1.54) is 6.26 Å². The largest absolute Gasteiger partial charge is 0.452 e. The Morgan fingerprint density at radius 1 is 1.71 bits per heavy atom. The monoisotopic (exact) mass is 256 g/mol. The summed E-state index contributed by atoms with van der Waals surface area (Å²) in [6, 6.07) is 1.71. The highest BCUT2D eigenvalue weighted by Crippen LogP contribution is 2.26. The molecule has 2 unspecified atom stereocenters. The third-order valence-electron chi connectivity index (χ3n) is 3.47. The smallest absolute Gasteiger partial charge is 0.259 e. The second-order valence-electron chi connectivity index (χ2n) is 4.53. The van der Waals surface area contributed by atoms with Gasteiger partial charge < -0.3 is 15.1 Å². The van der Waals surface area contributed by atoms with Gasteiger partial charge in [-0.15, -0.1) is 0 Å². The molecule has 2 heterocycles. The van der Waals surface area contributed by atoms with E-state index in [1.807, 2.05) is 4.90 Å². The van der Waals surface area contributed by atoms with Gasteiger partial charge in [-0.3, -0.25) is 4.79 Å². The molecule has 2 rings (SSSR count). The zero-order valence-electron chi connectivity index (χ0n) is 9.86. The number of halogens is 1. The molecule has 0 radical (unpaired) electrons. The molecule has 0 bridgehead atoms. The third-order valence-corrected chi connectivity index (χ3v) is 3.76. The average Bonchev–Trinajstić information content (AvgIpc) is 2.74. The fourth-order valence-electron chi connectivity index (χ4n) is 2.46. The van der Waals surface area contributed by atoms with Gasteiger partial charge in [-0.25, -0.2) is 0 Å². The van der Waals surface area contributed by atoms with Crippen LogP contribution in [0.3, 0.4) is 0 Å². The first kappa shape index (κ1) is 12.5. The molecule has 1 aliphatic rings. The van der Waals surface area contributed by atoms with Crippen LogP contribution in [-0.2, 0) is 0 Å². The Bertz CT molecular complexity index is 405. The van der Waals surface area contributed by atoms with Crippen LogP contribution < -0.4 is 5.73 Å². The second-order valence-corrected chi connectivity index (χ2v) is 4.87. The van der Waals surface area contributed by atoms with Gasteiger partial charge in [0.05, 0.1) is 11.8 Å². The van der Waals surface area contributed by atoms with Gasteiger partial charge in [-0.1, -0.05) is 6.92 Å². The maximum Gasteiger partial charge on any atom is 0.259 e. The van der Waals surface area contributed by atoms with Gasteiger partial charge in [0, 0.05) is 19.1 Å². The van der Waals surface area contributed by atoms with Gasteiger partial charge >= 0.3 is 0 Å². The quantitative estimate of drug-likeness (QED) is 0.882. The van der Waals surface area contributed by atoms with Crippen LogP contribution in [0.2, 0.25) is 5.22 Å². The molecule has 1 aliphatic heterocycles. The summed E-state index contributed by atoms with van der Waals surface area (Å²) in [5, 5.41) is 0.156. The molecule has 1 aromatic heterocycles. The molecule has 2 atom stereocenters. The number of likely N-dealkylation sites (tertiary alicyclic amines) is 1. The van der Waals surface area contributed by atoms with Crippen LogP contribution in [0.1, 0.15) is 30.1 Å². The molecule has 94 valence electrons. The van der Waals surface area contributed by atoms with Crippen molar-refractivity contribution in [2.75, 3.05) is 13.1 Å². The average molecular weight is 257 g/mol. The van der Waals surface area contributed by atoms with Crippen LogP contribution in [0.15, 0.2) is 16.7 Å². The normalized spacial score (nSPS) is 25.0. The van der Waals surface area contributed by atoms with E-state index in [-0.39, 0.29) is 17.2 Å². The molecule has 0 aliphatic carbocycles. The van der Waals surface area contributed by atoms with Gasteiger partial charge in [0.25, 0.3) is 5.91 Å². The summed E-state index contributed by atoms with van der Waals surface area (Å²) in [6.45, 7) is 3.36. The van der Waals surface area contributed by atoms with Crippen LogP contribution in [0.4, 0.5) is 0 Å². The predicted molar refractivity (Wildman–Crippen MR) is 66.0 cm³/mol. The highest BCUT2D eigenvalue weighted by molar-refractivity contribution is 6.32. The highest BCUT2D eigenvalue weighted by Gasteiger charge is 2.32. The number of carbonyl (C=O) groups excluding carboxylic acids is 1. The number of piperidine rings is 1. The molecule has 17 heavy (non-hydrogen) atoms. The molecule has 1 amide bonds. The maximum atomic E-state index is 12.3. The minimum absolute atomic E-state index is 0.0780. The lowest BCUT2D eigenvalue weighted by molar-refractivity contribution is 0.0532. The minimum Gasteiger partial charge on any atom is -0.452 e. The van der Waals surface area contributed by atoms with Crippen LogP contribution in [-0.4, -0.2) is 29.9 Å². The Morgan fingerprint density at radius 3 is 3.06 bits per heavy atom. The molecule has 0 spiro atoms. The fraction of sp³-hybridized carbons (Fsp3) is 0.583. The Balaban J connectivity index is 2.21. The van der Waals surface area contributed by atoms with Gasteiger partial charge in [0.2, 0.25) is 5.22 Å². The maximum absolute atomic E-state index is 12.3. The minimum atomic E-state index is -0.0780. The molecular weight excluding hydrogens is 240 g/mol. The number of hydrogen-bond donors (Lipinski definition) is 1. The Kier molecular flexibility index (Phi) is 3.74.